The third kappa shape index (κ3) is 2.20. The molecule has 3 aromatic carbocycles. The van der Waals surface area contributed by atoms with E-state index in [0.717, 1.165) is 51.3 Å². The summed E-state index contributed by atoms with van der Waals surface area (Å²) in [6.45, 7) is 0. The Kier molecular flexibility index (Phi) is 3.11. The third-order valence-corrected chi connectivity index (χ3v) is 7.91. The molecule has 0 atom stereocenters. The fourth-order valence-corrected chi connectivity index (χ4v) is 6.38. The van der Waals surface area contributed by atoms with E-state index in [2.05, 4.69) is 75.0 Å². The van der Waals surface area contributed by atoms with Gasteiger partial charge in [-0.05, 0) is 99.8 Å². The summed E-state index contributed by atoms with van der Waals surface area (Å²) < 4.78 is 2.29. The van der Waals surface area contributed by atoms with Crippen molar-refractivity contribution in [1.82, 2.24) is 19.4 Å². The number of hydrogen-bond donors (Lipinski definition) is 0. The van der Waals surface area contributed by atoms with Gasteiger partial charge in [0.1, 0.15) is 5.65 Å². The van der Waals surface area contributed by atoms with Gasteiger partial charge in [-0.15, -0.1) is 0 Å². The Morgan fingerprint density at radius 2 is 1.43 bits per heavy atom. The molecule has 0 aliphatic heterocycles. The molecule has 0 N–H and O–H groups in total. The molecule has 2 aliphatic carbocycles. The lowest BCUT2D eigenvalue weighted by Crippen LogP contribution is -1.93. The molecule has 0 amide bonds. The van der Waals surface area contributed by atoms with Crippen LogP contribution in [0, 0.1) is 0 Å². The molecule has 9 rings (SSSR count). The SMILES string of the molecule is c1ccc2c(c1)Cc1cc3c(cc1-2)Cc1cc2nc4c5cccnc5c5cnccc5n4c2cc1-3. The van der Waals surface area contributed by atoms with E-state index in [1.54, 1.807) is 0 Å². The van der Waals surface area contributed by atoms with Crippen LogP contribution in [-0.2, 0) is 12.8 Å². The highest BCUT2D eigenvalue weighted by molar-refractivity contribution is 6.12. The van der Waals surface area contributed by atoms with E-state index in [1.165, 1.54) is 44.5 Å². The van der Waals surface area contributed by atoms with Crippen LogP contribution in [0.4, 0.5) is 0 Å². The summed E-state index contributed by atoms with van der Waals surface area (Å²) in [4.78, 5) is 14.2. The van der Waals surface area contributed by atoms with Gasteiger partial charge >= 0.3 is 0 Å². The summed E-state index contributed by atoms with van der Waals surface area (Å²) in [5.74, 6) is 0. The number of aromatic nitrogens is 4. The molecule has 0 unspecified atom stereocenters. The standard InChI is InChI=1S/C31H18N4/c1-2-5-21-17(4-1)10-18-13-24-19(12-23(18)21)11-20-14-27-29(15-25(20)24)35-28-7-9-32-16-26(28)30-22(31(35)34-27)6-3-8-33-30/h1-9,12-16H,10-11H2. The van der Waals surface area contributed by atoms with Crippen molar-refractivity contribution in [2.45, 2.75) is 12.8 Å². The Morgan fingerprint density at radius 3 is 2.37 bits per heavy atom. The van der Waals surface area contributed by atoms with Crippen molar-refractivity contribution in [3.05, 3.63) is 108 Å². The second-order valence-corrected chi connectivity index (χ2v) is 9.74. The molecule has 7 aromatic rings. The highest BCUT2D eigenvalue weighted by atomic mass is 15.0. The van der Waals surface area contributed by atoms with Gasteiger partial charge in [0.15, 0.2) is 0 Å². The predicted octanol–water partition coefficient (Wildman–Crippen LogP) is 6.73. The number of benzene rings is 3. The topological polar surface area (TPSA) is 43.1 Å². The molecule has 2 aliphatic rings. The fraction of sp³-hybridized carbons (Fsp3) is 0.0645. The van der Waals surface area contributed by atoms with Gasteiger partial charge in [0.2, 0.25) is 0 Å². The van der Waals surface area contributed by atoms with Crippen molar-refractivity contribution in [2.24, 2.45) is 0 Å². The van der Waals surface area contributed by atoms with Crippen LogP contribution in [0.1, 0.15) is 22.3 Å². The van der Waals surface area contributed by atoms with Crippen LogP contribution in [0.5, 0.6) is 0 Å². The first kappa shape index (κ1) is 17.8. The van der Waals surface area contributed by atoms with Crippen LogP contribution < -0.4 is 0 Å². The van der Waals surface area contributed by atoms with Crippen molar-refractivity contribution in [2.75, 3.05) is 0 Å². The zero-order valence-electron chi connectivity index (χ0n) is 18.8. The Hall–Kier alpha value is -4.57. The van der Waals surface area contributed by atoms with E-state index < -0.39 is 0 Å². The van der Waals surface area contributed by atoms with Gasteiger partial charge in [-0.1, -0.05) is 24.3 Å². The van der Waals surface area contributed by atoms with Crippen molar-refractivity contribution >= 4 is 38.5 Å². The van der Waals surface area contributed by atoms with Gasteiger partial charge in [0, 0.05) is 29.4 Å². The van der Waals surface area contributed by atoms with Gasteiger partial charge < -0.3 is 0 Å². The van der Waals surface area contributed by atoms with Gasteiger partial charge in [-0.2, -0.15) is 0 Å². The summed E-state index contributed by atoms with van der Waals surface area (Å²) in [6.07, 6.45) is 7.58. The average Bonchev–Trinajstić information content (AvgIpc) is 3.56. The summed E-state index contributed by atoms with van der Waals surface area (Å²) in [5, 5.41) is 2.10. The maximum Gasteiger partial charge on any atom is 0.147 e. The smallest absolute Gasteiger partial charge is 0.147 e. The third-order valence-electron chi connectivity index (χ3n) is 7.91. The number of imidazole rings is 1. The zero-order chi connectivity index (χ0) is 22.7. The monoisotopic (exact) mass is 446 g/mol. The van der Waals surface area contributed by atoms with Gasteiger partial charge in [0.25, 0.3) is 0 Å². The molecule has 4 nitrogen and oxygen atoms in total. The van der Waals surface area contributed by atoms with Crippen molar-refractivity contribution in [3.8, 4) is 22.3 Å². The summed E-state index contributed by atoms with van der Waals surface area (Å²) in [6, 6.07) is 24.5. The number of hydrogen-bond acceptors (Lipinski definition) is 3. The van der Waals surface area contributed by atoms with Gasteiger partial charge in [0.05, 0.1) is 22.1 Å². The van der Waals surface area contributed by atoms with Gasteiger partial charge in [-0.25, -0.2) is 4.98 Å². The molecular weight excluding hydrogens is 428 g/mol. The second-order valence-electron chi connectivity index (χ2n) is 9.74. The van der Waals surface area contributed by atoms with Crippen LogP contribution in [0.15, 0.2) is 85.3 Å². The Labute approximate surface area is 200 Å². The van der Waals surface area contributed by atoms with E-state index in [1.807, 2.05) is 24.7 Å². The van der Waals surface area contributed by atoms with Crippen molar-refractivity contribution < 1.29 is 0 Å². The first-order chi connectivity index (χ1) is 17.3. The highest BCUT2D eigenvalue weighted by Crippen LogP contribution is 2.46. The normalized spacial score (nSPS) is 13.5. The van der Waals surface area contributed by atoms with Crippen LogP contribution in [0.2, 0.25) is 0 Å². The first-order valence-electron chi connectivity index (χ1n) is 12.0. The van der Waals surface area contributed by atoms with Crippen molar-refractivity contribution in [3.63, 3.8) is 0 Å². The van der Waals surface area contributed by atoms with Crippen LogP contribution >= 0.6 is 0 Å². The minimum atomic E-state index is 0.950. The lowest BCUT2D eigenvalue weighted by Gasteiger charge is -2.08. The lowest BCUT2D eigenvalue weighted by atomic mass is 9.98. The van der Waals surface area contributed by atoms with E-state index in [0.29, 0.717) is 0 Å². The number of pyridine rings is 3. The van der Waals surface area contributed by atoms with E-state index in [4.69, 9.17) is 4.98 Å². The maximum absolute atomic E-state index is 5.13. The Morgan fingerprint density at radius 1 is 0.629 bits per heavy atom. The molecule has 162 valence electrons. The van der Waals surface area contributed by atoms with Crippen molar-refractivity contribution in [1.29, 1.82) is 0 Å². The first-order valence-corrected chi connectivity index (χ1v) is 12.0. The average molecular weight is 447 g/mol. The summed E-state index contributed by atoms with van der Waals surface area (Å²) in [7, 11) is 0. The quantitative estimate of drug-likeness (QED) is 0.243. The summed E-state index contributed by atoms with van der Waals surface area (Å²) >= 11 is 0. The molecule has 0 radical (unpaired) electrons. The van der Waals surface area contributed by atoms with E-state index in [9.17, 15) is 0 Å². The van der Waals surface area contributed by atoms with Crippen LogP contribution in [0.25, 0.3) is 60.7 Å². The molecule has 35 heavy (non-hydrogen) atoms. The molecule has 0 fully saturated rings. The maximum atomic E-state index is 5.13. The highest BCUT2D eigenvalue weighted by Gasteiger charge is 2.26. The van der Waals surface area contributed by atoms with Crippen LogP contribution in [-0.4, -0.2) is 19.4 Å². The number of nitrogens with zero attached hydrogens (tertiary/aromatic N) is 4. The predicted molar refractivity (Wildman–Crippen MR) is 140 cm³/mol. The lowest BCUT2D eigenvalue weighted by molar-refractivity contribution is 1.24. The molecule has 0 saturated carbocycles. The zero-order valence-corrected chi connectivity index (χ0v) is 18.8. The minimum absolute atomic E-state index is 0.950. The van der Waals surface area contributed by atoms with E-state index >= 15 is 0 Å². The Bertz CT molecular complexity index is 2070. The molecule has 0 spiro atoms. The minimum Gasteiger partial charge on any atom is -0.291 e. The second kappa shape index (κ2) is 6.10. The number of fused-ring (bicyclic) bond motifs is 14. The van der Waals surface area contributed by atoms with Crippen LogP contribution in [0.3, 0.4) is 0 Å². The molecule has 4 heteroatoms. The molecule has 4 aromatic heterocycles. The van der Waals surface area contributed by atoms with Gasteiger partial charge in [-0.3, -0.25) is 14.4 Å². The Balaban J connectivity index is 1.35. The molecule has 0 bridgehead atoms. The molecular formula is C31H18N4. The van der Waals surface area contributed by atoms with E-state index in [-0.39, 0.29) is 0 Å². The summed E-state index contributed by atoms with van der Waals surface area (Å²) in [5.41, 5.74) is 16.3. The molecule has 4 heterocycles. The number of rotatable bonds is 0. The largest absolute Gasteiger partial charge is 0.291 e. The molecule has 0 saturated heterocycles. The fourth-order valence-electron chi connectivity index (χ4n) is 6.38.